The molecule has 4 atom stereocenters. The van der Waals surface area contributed by atoms with Gasteiger partial charge in [0.2, 0.25) is 0 Å². The van der Waals surface area contributed by atoms with Crippen molar-refractivity contribution in [3.8, 4) is 0 Å². The van der Waals surface area contributed by atoms with E-state index in [1.807, 2.05) is 12.1 Å². The molecule has 0 bridgehead atoms. The molecule has 1 fully saturated rings. The van der Waals surface area contributed by atoms with Gasteiger partial charge in [-0.2, -0.15) is 0 Å². The number of nitrogens with one attached hydrogen (secondary N) is 1. The van der Waals surface area contributed by atoms with E-state index in [1.54, 1.807) is 19.2 Å². The molecular formula is C21H24F2N4OP2. The largest absolute Gasteiger partial charge is 0.365 e. The SMILES string of the molecule is Cc1nc(NCc2cccc(C(C)F)c2P)c2cn(C3(C(F)P)CC3)c(=O)cc2n1. The van der Waals surface area contributed by atoms with Gasteiger partial charge < -0.3 is 9.88 Å². The average Bonchev–Trinajstić information content (AvgIpc) is 3.48. The standard InChI is InChI=1S/C21H24F2N4OP2/c1-11(22)14-5-3-4-13(18(14)29)9-24-19-15-10-27(21(6-7-21)20(23)30)17(28)8-16(15)25-12(2)26-19/h3-5,8,10-11,20H,6-7,9,29-30H2,1-2H3,(H,24,25,26). The third-order valence-electron chi connectivity index (χ3n) is 5.70. The van der Waals surface area contributed by atoms with E-state index < -0.39 is 17.6 Å². The lowest BCUT2D eigenvalue weighted by Gasteiger charge is -2.21. The van der Waals surface area contributed by atoms with Crippen LogP contribution in [0.1, 0.15) is 42.9 Å². The van der Waals surface area contributed by atoms with Crippen molar-refractivity contribution in [1.29, 1.82) is 0 Å². The lowest BCUT2D eigenvalue weighted by atomic mass is 10.1. The molecule has 4 rings (SSSR count). The molecule has 0 radical (unpaired) electrons. The maximum absolute atomic E-state index is 14.2. The van der Waals surface area contributed by atoms with Gasteiger partial charge >= 0.3 is 0 Å². The van der Waals surface area contributed by atoms with Crippen LogP contribution in [0.25, 0.3) is 10.9 Å². The molecule has 5 nitrogen and oxygen atoms in total. The molecule has 1 aliphatic rings. The Morgan fingerprint density at radius 2 is 2.03 bits per heavy atom. The van der Waals surface area contributed by atoms with Gasteiger partial charge in [-0.05, 0) is 43.1 Å². The van der Waals surface area contributed by atoms with Crippen molar-refractivity contribution in [1.82, 2.24) is 14.5 Å². The summed E-state index contributed by atoms with van der Waals surface area (Å²) in [6.45, 7) is 3.69. The smallest absolute Gasteiger partial charge is 0.253 e. The van der Waals surface area contributed by atoms with E-state index >= 15 is 0 Å². The average molecular weight is 448 g/mol. The van der Waals surface area contributed by atoms with Crippen molar-refractivity contribution in [2.75, 3.05) is 5.32 Å². The number of fused-ring (bicyclic) bond motifs is 1. The summed E-state index contributed by atoms with van der Waals surface area (Å²) in [7, 11) is 4.77. The normalized spacial score (nSPS) is 17.0. The highest BCUT2D eigenvalue weighted by Crippen LogP contribution is 2.49. The third-order valence-corrected chi connectivity index (χ3v) is 7.03. The lowest BCUT2D eigenvalue weighted by Crippen LogP contribution is -2.34. The first-order chi connectivity index (χ1) is 14.2. The molecular weight excluding hydrogens is 424 g/mol. The molecule has 0 saturated heterocycles. The Morgan fingerprint density at radius 3 is 2.67 bits per heavy atom. The first kappa shape index (κ1) is 21.3. The van der Waals surface area contributed by atoms with E-state index in [0.717, 1.165) is 10.9 Å². The fourth-order valence-electron chi connectivity index (χ4n) is 3.79. The van der Waals surface area contributed by atoms with E-state index in [0.29, 0.717) is 47.5 Å². The maximum Gasteiger partial charge on any atom is 0.253 e. The van der Waals surface area contributed by atoms with Gasteiger partial charge in [-0.15, -0.1) is 9.24 Å². The Hall–Kier alpha value is -1.97. The Labute approximate surface area is 178 Å². The molecule has 0 aliphatic heterocycles. The predicted molar refractivity (Wildman–Crippen MR) is 123 cm³/mol. The van der Waals surface area contributed by atoms with Gasteiger partial charge in [0.15, 0.2) is 0 Å². The maximum atomic E-state index is 14.2. The summed E-state index contributed by atoms with van der Waals surface area (Å²) < 4.78 is 29.5. The van der Waals surface area contributed by atoms with E-state index in [4.69, 9.17) is 0 Å². The first-order valence-corrected chi connectivity index (χ1v) is 11.0. The molecule has 1 aromatic carbocycles. The van der Waals surface area contributed by atoms with Crippen LogP contribution in [0.15, 0.2) is 35.3 Å². The number of halogens is 2. The topological polar surface area (TPSA) is 59.8 Å². The molecule has 1 aliphatic carbocycles. The van der Waals surface area contributed by atoms with Gasteiger partial charge in [0.25, 0.3) is 5.56 Å². The van der Waals surface area contributed by atoms with Crippen molar-refractivity contribution < 1.29 is 8.78 Å². The minimum absolute atomic E-state index is 0.272. The van der Waals surface area contributed by atoms with Crippen LogP contribution < -0.4 is 16.2 Å². The highest BCUT2D eigenvalue weighted by atomic mass is 31.0. The molecule has 0 amide bonds. The number of nitrogens with zero attached hydrogens (tertiary/aromatic N) is 3. The molecule has 2 aromatic heterocycles. The second kappa shape index (κ2) is 7.94. The van der Waals surface area contributed by atoms with Crippen LogP contribution >= 0.6 is 18.5 Å². The molecule has 9 heteroatoms. The van der Waals surface area contributed by atoms with Crippen LogP contribution in [-0.4, -0.2) is 20.4 Å². The van der Waals surface area contributed by atoms with Crippen molar-refractivity contribution in [2.45, 2.75) is 50.9 Å². The molecule has 2 heterocycles. The van der Waals surface area contributed by atoms with Crippen LogP contribution in [0.4, 0.5) is 14.6 Å². The Kier molecular flexibility index (Phi) is 5.63. The van der Waals surface area contributed by atoms with Gasteiger partial charge in [0, 0.05) is 18.8 Å². The summed E-state index contributed by atoms with van der Waals surface area (Å²) in [5.74, 6) is -0.125. The third kappa shape index (κ3) is 3.74. The van der Waals surface area contributed by atoms with Crippen LogP contribution in [0.5, 0.6) is 0 Å². The zero-order valence-electron chi connectivity index (χ0n) is 16.8. The fraction of sp³-hybridized carbons (Fsp3) is 0.381. The predicted octanol–water partition coefficient (Wildman–Crippen LogP) is 3.90. The van der Waals surface area contributed by atoms with Crippen molar-refractivity contribution in [2.24, 2.45) is 0 Å². The number of hydrogen-bond acceptors (Lipinski definition) is 4. The Morgan fingerprint density at radius 1 is 1.30 bits per heavy atom. The summed E-state index contributed by atoms with van der Waals surface area (Å²) in [5, 5.41) is 4.76. The number of hydrogen-bond donors (Lipinski definition) is 1. The summed E-state index contributed by atoms with van der Waals surface area (Å²) in [4.78, 5) is 21.5. The molecule has 1 saturated carbocycles. The fourth-order valence-corrected chi connectivity index (χ4v) is 4.81. The second-order valence-corrected chi connectivity index (χ2v) is 8.96. The van der Waals surface area contributed by atoms with Crippen molar-refractivity contribution in [3.63, 3.8) is 0 Å². The van der Waals surface area contributed by atoms with E-state index in [9.17, 15) is 13.6 Å². The molecule has 30 heavy (non-hydrogen) atoms. The number of anilines is 1. The van der Waals surface area contributed by atoms with Crippen LogP contribution in [-0.2, 0) is 12.1 Å². The number of aromatic nitrogens is 3. The quantitative estimate of drug-likeness (QED) is 0.581. The van der Waals surface area contributed by atoms with Gasteiger partial charge in [0.1, 0.15) is 23.7 Å². The van der Waals surface area contributed by atoms with Crippen molar-refractivity contribution in [3.05, 3.63) is 57.8 Å². The minimum Gasteiger partial charge on any atom is -0.365 e. The first-order valence-electron chi connectivity index (χ1n) is 9.79. The number of aryl methyl sites for hydroxylation is 1. The highest BCUT2D eigenvalue weighted by molar-refractivity contribution is 7.27. The van der Waals surface area contributed by atoms with Gasteiger partial charge in [-0.25, -0.2) is 18.7 Å². The zero-order chi connectivity index (χ0) is 21.6. The van der Waals surface area contributed by atoms with Crippen LogP contribution in [0.3, 0.4) is 0 Å². The molecule has 0 spiro atoms. The molecule has 4 unspecified atom stereocenters. The van der Waals surface area contributed by atoms with E-state index in [2.05, 4.69) is 33.8 Å². The van der Waals surface area contributed by atoms with E-state index in [-0.39, 0.29) is 5.56 Å². The molecule has 158 valence electrons. The lowest BCUT2D eigenvalue weighted by molar-refractivity contribution is 0.295. The number of rotatable bonds is 6. The molecule has 1 N–H and O–H groups in total. The zero-order valence-corrected chi connectivity index (χ0v) is 19.1. The van der Waals surface area contributed by atoms with Gasteiger partial charge in [-0.3, -0.25) is 4.79 Å². The summed E-state index contributed by atoms with van der Waals surface area (Å²) in [5.41, 5.74) is 0.982. The Bertz CT molecular complexity index is 1180. The second-order valence-electron chi connectivity index (χ2n) is 7.79. The van der Waals surface area contributed by atoms with E-state index in [1.165, 1.54) is 17.6 Å². The number of pyridine rings is 1. The van der Waals surface area contributed by atoms with Crippen molar-refractivity contribution >= 4 is 40.5 Å². The summed E-state index contributed by atoms with van der Waals surface area (Å²) >= 11 is 0. The van der Waals surface area contributed by atoms with Crippen LogP contribution in [0, 0.1) is 6.92 Å². The molecule has 3 aromatic rings. The summed E-state index contributed by atoms with van der Waals surface area (Å²) in [6, 6.07) is 6.96. The summed E-state index contributed by atoms with van der Waals surface area (Å²) in [6.07, 6.45) is 1.82. The number of benzene rings is 1. The number of alkyl halides is 2. The Balaban J connectivity index is 1.74. The minimum atomic E-state index is -1.21. The highest BCUT2D eigenvalue weighted by Gasteiger charge is 2.50. The van der Waals surface area contributed by atoms with Gasteiger partial charge in [-0.1, -0.05) is 27.4 Å². The van der Waals surface area contributed by atoms with Crippen LogP contribution in [0.2, 0.25) is 0 Å². The monoisotopic (exact) mass is 448 g/mol. The van der Waals surface area contributed by atoms with Gasteiger partial charge in [0.05, 0.1) is 16.4 Å².